The summed E-state index contributed by atoms with van der Waals surface area (Å²) in [4.78, 5) is 16.3. The highest BCUT2D eigenvalue weighted by Crippen LogP contribution is 2.37. The molecule has 0 aromatic heterocycles. The topological polar surface area (TPSA) is 46.3 Å². The lowest BCUT2D eigenvalue weighted by Gasteiger charge is -2.33. The zero-order valence-electron chi connectivity index (χ0n) is 13.8. The second kappa shape index (κ2) is 8.36. The van der Waals surface area contributed by atoms with Gasteiger partial charge in [-0.05, 0) is 43.0 Å². The summed E-state index contributed by atoms with van der Waals surface area (Å²) in [5, 5.41) is -0.192. The molecular weight excluding hydrogens is 316 g/mol. The van der Waals surface area contributed by atoms with E-state index in [1.165, 1.54) is 0 Å². The molecule has 2 aromatic rings. The van der Waals surface area contributed by atoms with E-state index in [9.17, 15) is 4.79 Å². The summed E-state index contributed by atoms with van der Waals surface area (Å²) >= 11 is 1.63. The first-order chi connectivity index (χ1) is 11.8. The quantitative estimate of drug-likeness (QED) is 0.844. The van der Waals surface area contributed by atoms with Crippen molar-refractivity contribution in [2.24, 2.45) is 11.7 Å². The van der Waals surface area contributed by atoms with Gasteiger partial charge in [0.15, 0.2) is 0 Å². The molecule has 2 N–H and O–H groups in total. The molecule has 0 spiro atoms. The van der Waals surface area contributed by atoms with Gasteiger partial charge in [-0.1, -0.05) is 48.5 Å². The molecule has 1 heterocycles. The molecule has 3 rings (SSSR count). The van der Waals surface area contributed by atoms with Gasteiger partial charge >= 0.3 is 0 Å². The van der Waals surface area contributed by atoms with E-state index in [4.69, 9.17) is 5.73 Å². The average Bonchev–Trinajstić information content (AvgIpc) is 2.67. The first-order valence-corrected chi connectivity index (χ1v) is 9.41. The van der Waals surface area contributed by atoms with Crippen molar-refractivity contribution in [1.29, 1.82) is 0 Å². The molecular formula is C20H24N2OS. The van der Waals surface area contributed by atoms with Crippen LogP contribution in [-0.2, 0) is 4.79 Å². The zero-order valence-corrected chi connectivity index (χ0v) is 14.6. The number of benzene rings is 2. The average molecular weight is 340 g/mol. The van der Waals surface area contributed by atoms with Crippen molar-refractivity contribution in [2.75, 3.05) is 19.6 Å². The molecule has 0 saturated carbocycles. The van der Waals surface area contributed by atoms with E-state index in [0.717, 1.165) is 42.9 Å². The van der Waals surface area contributed by atoms with Crippen LogP contribution >= 0.6 is 11.8 Å². The Bertz CT molecular complexity index is 639. The molecule has 0 bridgehead atoms. The fourth-order valence-electron chi connectivity index (χ4n) is 3.08. The van der Waals surface area contributed by atoms with Gasteiger partial charge in [0.2, 0.25) is 5.91 Å². The monoisotopic (exact) mass is 340 g/mol. The van der Waals surface area contributed by atoms with Crippen LogP contribution in [0.3, 0.4) is 0 Å². The molecule has 1 amide bonds. The van der Waals surface area contributed by atoms with Crippen molar-refractivity contribution < 1.29 is 4.79 Å². The van der Waals surface area contributed by atoms with Gasteiger partial charge < -0.3 is 10.6 Å². The summed E-state index contributed by atoms with van der Waals surface area (Å²) in [6.07, 6.45) is 2.03. The maximum absolute atomic E-state index is 13.2. The number of amides is 1. The van der Waals surface area contributed by atoms with E-state index in [2.05, 4.69) is 12.1 Å². The molecule has 4 heteroatoms. The third-order valence-corrected chi connectivity index (χ3v) is 5.84. The SMILES string of the molecule is NCC1CCN(C(=O)C(Sc2ccccc2)c2ccccc2)CC1. The fourth-order valence-corrected chi connectivity index (χ4v) is 4.21. The van der Waals surface area contributed by atoms with E-state index in [0.29, 0.717) is 5.92 Å². The van der Waals surface area contributed by atoms with Crippen molar-refractivity contribution in [2.45, 2.75) is 23.0 Å². The summed E-state index contributed by atoms with van der Waals surface area (Å²) in [6, 6.07) is 20.2. The molecule has 1 unspecified atom stereocenters. The molecule has 3 nitrogen and oxygen atoms in total. The lowest BCUT2D eigenvalue weighted by molar-refractivity contribution is -0.132. The Hall–Kier alpha value is -1.78. The first kappa shape index (κ1) is 17.1. The molecule has 1 aliphatic heterocycles. The highest BCUT2D eigenvalue weighted by molar-refractivity contribution is 8.00. The Balaban J connectivity index is 1.78. The van der Waals surface area contributed by atoms with Gasteiger partial charge in [0.05, 0.1) is 0 Å². The Morgan fingerprint density at radius 3 is 2.21 bits per heavy atom. The van der Waals surface area contributed by atoms with Crippen molar-refractivity contribution in [3.05, 3.63) is 66.2 Å². The molecule has 24 heavy (non-hydrogen) atoms. The number of thioether (sulfide) groups is 1. The Kier molecular flexibility index (Phi) is 5.94. The molecule has 0 radical (unpaired) electrons. The van der Waals surface area contributed by atoms with Crippen LogP contribution in [0, 0.1) is 5.92 Å². The van der Waals surface area contributed by atoms with Crippen LogP contribution in [0.5, 0.6) is 0 Å². The van der Waals surface area contributed by atoms with Gasteiger partial charge in [-0.3, -0.25) is 4.79 Å². The third kappa shape index (κ3) is 4.19. The van der Waals surface area contributed by atoms with Crippen molar-refractivity contribution in [3.63, 3.8) is 0 Å². The predicted molar refractivity (Wildman–Crippen MR) is 99.8 cm³/mol. The number of hydrogen-bond acceptors (Lipinski definition) is 3. The normalized spacial score (nSPS) is 16.8. The lowest BCUT2D eigenvalue weighted by atomic mass is 9.96. The van der Waals surface area contributed by atoms with E-state index < -0.39 is 0 Å². The van der Waals surface area contributed by atoms with Gasteiger partial charge in [0.25, 0.3) is 0 Å². The molecule has 0 aliphatic carbocycles. The summed E-state index contributed by atoms with van der Waals surface area (Å²) in [7, 11) is 0. The molecule has 2 aromatic carbocycles. The van der Waals surface area contributed by atoms with Gasteiger partial charge in [-0.25, -0.2) is 0 Å². The number of hydrogen-bond donors (Lipinski definition) is 1. The lowest BCUT2D eigenvalue weighted by Crippen LogP contribution is -2.41. The second-order valence-electron chi connectivity index (χ2n) is 6.23. The number of rotatable bonds is 5. The van der Waals surface area contributed by atoms with Crippen molar-refractivity contribution in [3.8, 4) is 0 Å². The number of piperidine rings is 1. The highest BCUT2D eigenvalue weighted by atomic mass is 32.2. The molecule has 1 saturated heterocycles. The number of likely N-dealkylation sites (tertiary alicyclic amines) is 1. The van der Waals surface area contributed by atoms with Gasteiger partial charge in [0, 0.05) is 18.0 Å². The number of carbonyl (C=O) groups excluding carboxylic acids is 1. The first-order valence-electron chi connectivity index (χ1n) is 8.53. The maximum atomic E-state index is 13.2. The number of nitrogens with two attached hydrogens (primary N) is 1. The Labute approximate surface area is 148 Å². The fraction of sp³-hybridized carbons (Fsp3) is 0.350. The Morgan fingerprint density at radius 1 is 1.04 bits per heavy atom. The van der Waals surface area contributed by atoms with E-state index in [-0.39, 0.29) is 11.2 Å². The predicted octanol–water partition coefficient (Wildman–Crippen LogP) is 3.72. The van der Waals surface area contributed by atoms with Gasteiger partial charge in [0.1, 0.15) is 5.25 Å². The smallest absolute Gasteiger partial charge is 0.240 e. The second-order valence-corrected chi connectivity index (χ2v) is 7.40. The standard InChI is InChI=1S/C20H24N2OS/c21-15-16-11-13-22(14-12-16)20(23)19(17-7-3-1-4-8-17)24-18-9-5-2-6-10-18/h1-10,16,19H,11-15,21H2. The van der Waals surface area contributed by atoms with Crippen LogP contribution in [0.25, 0.3) is 0 Å². The van der Waals surface area contributed by atoms with E-state index >= 15 is 0 Å². The van der Waals surface area contributed by atoms with Crippen LogP contribution in [0.1, 0.15) is 23.7 Å². The maximum Gasteiger partial charge on any atom is 0.240 e. The molecule has 1 atom stereocenters. The molecule has 1 aliphatic rings. The largest absolute Gasteiger partial charge is 0.341 e. The van der Waals surface area contributed by atoms with Crippen molar-refractivity contribution in [1.82, 2.24) is 4.90 Å². The van der Waals surface area contributed by atoms with Crippen LogP contribution in [0.15, 0.2) is 65.6 Å². The van der Waals surface area contributed by atoms with Gasteiger partial charge in [-0.2, -0.15) is 0 Å². The summed E-state index contributed by atoms with van der Waals surface area (Å²) in [6.45, 7) is 2.36. The van der Waals surface area contributed by atoms with Crippen LogP contribution < -0.4 is 5.73 Å². The minimum absolute atomic E-state index is 0.192. The van der Waals surface area contributed by atoms with Crippen molar-refractivity contribution >= 4 is 17.7 Å². The van der Waals surface area contributed by atoms with E-state index in [1.54, 1.807) is 11.8 Å². The third-order valence-electron chi connectivity index (χ3n) is 4.58. The molecule has 1 fully saturated rings. The molecule has 126 valence electrons. The summed E-state index contributed by atoms with van der Waals surface area (Å²) in [5.41, 5.74) is 6.84. The van der Waals surface area contributed by atoms with E-state index in [1.807, 2.05) is 53.4 Å². The van der Waals surface area contributed by atoms with Gasteiger partial charge in [-0.15, -0.1) is 11.8 Å². The van der Waals surface area contributed by atoms with Crippen LogP contribution in [0.4, 0.5) is 0 Å². The van der Waals surface area contributed by atoms with Crippen LogP contribution in [0.2, 0.25) is 0 Å². The summed E-state index contributed by atoms with van der Waals surface area (Å²) in [5.74, 6) is 0.775. The minimum atomic E-state index is -0.192. The summed E-state index contributed by atoms with van der Waals surface area (Å²) < 4.78 is 0. The minimum Gasteiger partial charge on any atom is -0.341 e. The Morgan fingerprint density at radius 2 is 1.62 bits per heavy atom. The number of nitrogens with zero attached hydrogens (tertiary/aromatic N) is 1. The number of carbonyl (C=O) groups is 1. The zero-order chi connectivity index (χ0) is 16.8. The van der Waals surface area contributed by atoms with Crippen LogP contribution in [-0.4, -0.2) is 30.4 Å². The highest BCUT2D eigenvalue weighted by Gasteiger charge is 2.29.